The first-order valence-electron chi connectivity index (χ1n) is 8.40. The molecule has 0 spiro atoms. The first-order chi connectivity index (χ1) is 14.4. The van der Waals surface area contributed by atoms with Gasteiger partial charge in [-0.3, -0.25) is 14.9 Å². The van der Waals surface area contributed by atoms with E-state index in [0.717, 1.165) is 17.3 Å². The third kappa shape index (κ3) is 5.59. The van der Waals surface area contributed by atoms with Crippen molar-refractivity contribution >= 4 is 52.2 Å². The Balaban J connectivity index is 1.69. The van der Waals surface area contributed by atoms with Crippen LogP contribution in [0.5, 0.6) is 5.75 Å². The van der Waals surface area contributed by atoms with Gasteiger partial charge in [0.25, 0.3) is 5.69 Å². The molecule has 0 unspecified atom stereocenters. The maximum absolute atomic E-state index is 12.3. The Labute approximate surface area is 185 Å². The summed E-state index contributed by atoms with van der Waals surface area (Å²) in [5.41, 5.74) is 1.14. The zero-order chi connectivity index (χ0) is 21.7. The van der Waals surface area contributed by atoms with Gasteiger partial charge in [0.1, 0.15) is 11.4 Å². The van der Waals surface area contributed by atoms with Crippen LogP contribution >= 0.6 is 35.0 Å². The lowest BCUT2D eigenvalue weighted by Gasteiger charge is -2.08. The van der Waals surface area contributed by atoms with E-state index >= 15 is 0 Å². The molecule has 8 nitrogen and oxygen atoms in total. The van der Waals surface area contributed by atoms with Crippen molar-refractivity contribution in [1.29, 1.82) is 0 Å². The fourth-order valence-electron chi connectivity index (χ4n) is 2.48. The summed E-state index contributed by atoms with van der Waals surface area (Å²) in [6, 6.07) is 10.9. The number of aromatic nitrogens is 2. The number of hydrogen-bond acceptors (Lipinski definition) is 7. The zero-order valence-electron chi connectivity index (χ0n) is 15.5. The van der Waals surface area contributed by atoms with Crippen LogP contribution in [0.15, 0.2) is 53.8 Å². The van der Waals surface area contributed by atoms with Crippen LogP contribution in [0.2, 0.25) is 10.0 Å². The number of amides is 1. The molecule has 0 saturated carbocycles. The summed E-state index contributed by atoms with van der Waals surface area (Å²) in [7, 11) is 1.40. The number of ether oxygens (including phenoxy) is 1. The minimum Gasteiger partial charge on any atom is -0.496 e. The standard InChI is InChI=1S/C19H14Cl2N4O4S/c1-29-14-2-3-16(17(9-14)25(27)28)23-18(26)10-30-19-22-5-4-15(24-19)11-6-12(20)8-13(21)7-11/h2-9H,10H2,1H3,(H,23,26). The highest BCUT2D eigenvalue weighted by Crippen LogP contribution is 2.30. The SMILES string of the molecule is COc1ccc(NC(=O)CSc2nccc(-c3cc(Cl)cc(Cl)c3)n2)c([N+](=O)[O-])c1. The van der Waals surface area contributed by atoms with Crippen molar-refractivity contribution in [1.82, 2.24) is 9.97 Å². The van der Waals surface area contributed by atoms with Gasteiger partial charge < -0.3 is 10.1 Å². The van der Waals surface area contributed by atoms with Crippen molar-refractivity contribution in [3.05, 3.63) is 68.8 Å². The predicted molar refractivity (Wildman–Crippen MR) is 116 cm³/mol. The highest BCUT2D eigenvalue weighted by molar-refractivity contribution is 7.99. The summed E-state index contributed by atoms with van der Waals surface area (Å²) in [6.45, 7) is 0. The quantitative estimate of drug-likeness (QED) is 0.224. The molecule has 0 bridgehead atoms. The Morgan fingerprint density at radius 2 is 1.93 bits per heavy atom. The average molecular weight is 465 g/mol. The molecule has 3 rings (SSSR count). The van der Waals surface area contributed by atoms with Crippen LogP contribution in [0.1, 0.15) is 0 Å². The van der Waals surface area contributed by atoms with Crippen molar-refractivity contribution in [3.63, 3.8) is 0 Å². The van der Waals surface area contributed by atoms with Crippen LogP contribution in [0.3, 0.4) is 0 Å². The minimum atomic E-state index is -0.589. The Kier molecular flexibility index (Phi) is 7.09. The lowest BCUT2D eigenvalue weighted by atomic mass is 10.1. The molecular weight excluding hydrogens is 451 g/mol. The molecule has 154 valence electrons. The average Bonchev–Trinajstić information content (AvgIpc) is 2.72. The number of carbonyl (C=O) groups is 1. The molecule has 3 aromatic rings. The third-order valence-corrected chi connectivity index (χ3v) is 5.10. The van der Waals surface area contributed by atoms with Crippen LogP contribution < -0.4 is 10.1 Å². The van der Waals surface area contributed by atoms with Crippen LogP contribution in [-0.4, -0.2) is 33.7 Å². The summed E-state index contributed by atoms with van der Waals surface area (Å²) in [5, 5.41) is 15.1. The van der Waals surface area contributed by atoms with Crippen LogP contribution in [0.25, 0.3) is 11.3 Å². The summed E-state index contributed by atoms with van der Waals surface area (Å²) in [4.78, 5) is 31.5. The molecule has 1 heterocycles. The predicted octanol–water partition coefficient (Wildman–Crippen LogP) is 5.10. The Morgan fingerprint density at radius 3 is 2.60 bits per heavy atom. The van der Waals surface area contributed by atoms with Gasteiger partial charge in [-0.15, -0.1) is 0 Å². The van der Waals surface area contributed by atoms with E-state index < -0.39 is 10.8 Å². The number of thioether (sulfide) groups is 1. The highest BCUT2D eigenvalue weighted by Gasteiger charge is 2.17. The minimum absolute atomic E-state index is 0.0388. The number of carbonyl (C=O) groups excluding carboxylic acids is 1. The van der Waals surface area contributed by atoms with Gasteiger partial charge in [0.05, 0.1) is 29.5 Å². The molecule has 0 radical (unpaired) electrons. The van der Waals surface area contributed by atoms with Crippen molar-refractivity contribution in [2.24, 2.45) is 0 Å². The molecule has 0 aliphatic rings. The molecule has 1 aromatic heterocycles. The zero-order valence-corrected chi connectivity index (χ0v) is 17.8. The second-order valence-electron chi connectivity index (χ2n) is 5.86. The second kappa shape index (κ2) is 9.75. The molecule has 1 N–H and O–H groups in total. The van der Waals surface area contributed by atoms with E-state index in [0.29, 0.717) is 26.6 Å². The summed E-state index contributed by atoms with van der Waals surface area (Å²) in [5.74, 6) is -0.156. The van der Waals surface area contributed by atoms with E-state index in [2.05, 4.69) is 15.3 Å². The molecular formula is C19H14Cl2N4O4S. The van der Waals surface area contributed by atoms with Crippen LogP contribution in [0.4, 0.5) is 11.4 Å². The van der Waals surface area contributed by atoms with Gasteiger partial charge in [0, 0.05) is 21.8 Å². The largest absolute Gasteiger partial charge is 0.496 e. The van der Waals surface area contributed by atoms with E-state index in [1.807, 2.05) is 0 Å². The van der Waals surface area contributed by atoms with Crippen molar-refractivity contribution in [3.8, 4) is 17.0 Å². The number of anilines is 1. The topological polar surface area (TPSA) is 107 Å². The monoisotopic (exact) mass is 464 g/mol. The number of nitrogens with one attached hydrogen (secondary N) is 1. The Hall–Kier alpha value is -2.88. The molecule has 0 fully saturated rings. The number of nitro groups is 1. The fourth-order valence-corrected chi connectivity index (χ4v) is 3.64. The smallest absolute Gasteiger partial charge is 0.296 e. The van der Waals surface area contributed by atoms with Gasteiger partial charge >= 0.3 is 0 Å². The van der Waals surface area contributed by atoms with Gasteiger partial charge in [-0.25, -0.2) is 9.97 Å². The van der Waals surface area contributed by atoms with Crippen LogP contribution in [0, 0.1) is 10.1 Å². The maximum atomic E-state index is 12.3. The summed E-state index contributed by atoms with van der Waals surface area (Å²) in [6.07, 6.45) is 1.56. The van der Waals surface area contributed by atoms with Gasteiger partial charge in [0.15, 0.2) is 5.16 Å². The highest BCUT2D eigenvalue weighted by atomic mass is 35.5. The van der Waals surface area contributed by atoms with E-state index in [1.165, 1.54) is 25.3 Å². The first kappa shape index (κ1) is 21.8. The molecule has 0 aliphatic carbocycles. The van der Waals surface area contributed by atoms with Crippen molar-refractivity contribution < 1.29 is 14.5 Å². The number of benzene rings is 2. The second-order valence-corrected chi connectivity index (χ2v) is 7.67. The summed E-state index contributed by atoms with van der Waals surface area (Å²) < 4.78 is 4.98. The Bertz CT molecular complexity index is 1090. The lowest BCUT2D eigenvalue weighted by molar-refractivity contribution is -0.384. The molecule has 0 atom stereocenters. The van der Waals surface area contributed by atoms with Crippen molar-refractivity contribution in [2.75, 3.05) is 18.2 Å². The van der Waals surface area contributed by atoms with E-state index in [-0.39, 0.29) is 17.1 Å². The number of hydrogen-bond donors (Lipinski definition) is 1. The number of nitrogens with zero attached hydrogens (tertiary/aromatic N) is 3. The first-order valence-corrected chi connectivity index (χ1v) is 10.1. The molecule has 2 aromatic carbocycles. The number of methoxy groups -OCH3 is 1. The van der Waals surface area contributed by atoms with Gasteiger partial charge in [-0.2, -0.15) is 0 Å². The molecule has 0 aliphatic heterocycles. The van der Waals surface area contributed by atoms with E-state index in [9.17, 15) is 14.9 Å². The van der Waals surface area contributed by atoms with Gasteiger partial charge in [-0.05, 0) is 36.4 Å². The fraction of sp³-hybridized carbons (Fsp3) is 0.105. The van der Waals surface area contributed by atoms with E-state index in [4.69, 9.17) is 27.9 Å². The number of rotatable bonds is 7. The molecule has 11 heteroatoms. The normalized spacial score (nSPS) is 10.5. The van der Waals surface area contributed by atoms with Crippen molar-refractivity contribution in [2.45, 2.75) is 5.16 Å². The van der Waals surface area contributed by atoms with Gasteiger partial charge in [-0.1, -0.05) is 35.0 Å². The Morgan fingerprint density at radius 1 is 1.20 bits per heavy atom. The molecule has 1 amide bonds. The molecule has 0 saturated heterocycles. The number of nitro benzene ring substituents is 1. The van der Waals surface area contributed by atoms with E-state index in [1.54, 1.807) is 30.5 Å². The number of halogens is 2. The lowest BCUT2D eigenvalue weighted by Crippen LogP contribution is -2.15. The maximum Gasteiger partial charge on any atom is 0.296 e. The van der Waals surface area contributed by atoms with Gasteiger partial charge in [0.2, 0.25) is 5.91 Å². The third-order valence-electron chi connectivity index (χ3n) is 3.80. The summed E-state index contributed by atoms with van der Waals surface area (Å²) >= 11 is 13.2. The van der Waals surface area contributed by atoms with Crippen LogP contribution in [-0.2, 0) is 4.79 Å². The molecule has 30 heavy (non-hydrogen) atoms.